The fourth-order valence-electron chi connectivity index (χ4n) is 4.25. The number of rotatable bonds is 3. The van der Waals surface area contributed by atoms with Crippen LogP contribution in [0.5, 0.6) is 11.6 Å². The summed E-state index contributed by atoms with van der Waals surface area (Å²) in [6.07, 6.45) is 3.43. The summed E-state index contributed by atoms with van der Waals surface area (Å²) >= 11 is 1.78. The van der Waals surface area contributed by atoms with E-state index in [2.05, 4.69) is 27.0 Å². The van der Waals surface area contributed by atoms with Crippen LogP contribution in [0.15, 0.2) is 24.3 Å². The molecule has 1 fully saturated rings. The second-order valence-corrected chi connectivity index (χ2v) is 8.79. The van der Waals surface area contributed by atoms with Crippen LogP contribution < -0.4 is 9.64 Å². The number of carbonyl (C=O) groups is 1. The molecule has 0 unspecified atom stereocenters. The number of carbonyl (C=O) groups excluding carboxylic acids is 1. The summed E-state index contributed by atoms with van der Waals surface area (Å²) in [5.74, 6) is 2.36. The summed E-state index contributed by atoms with van der Waals surface area (Å²) in [6, 6.07) is 8.18. The molecule has 6 nitrogen and oxygen atoms in total. The molecule has 0 N–H and O–H groups in total. The van der Waals surface area contributed by atoms with Crippen molar-refractivity contribution < 1.29 is 9.53 Å². The second kappa shape index (κ2) is 7.30. The van der Waals surface area contributed by atoms with E-state index in [1.165, 1.54) is 16.9 Å². The number of fused-ring (bicyclic) bond motifs is 3. The molecule has 3 aromatic rings. The summed E-state index contributed by atoms with van der Waals surface area (Å²) < 4.78 is 6.23. The van der Waals surface area contributed by atoms with Gasteiger partial charge in [-0.05, 0) is 56.0 Å². The quantitative estimate of drug-likeness (QED) is 0.657. The molecule has 0 atom stereocenters. The minimum atomic E-state index is 0.153. The first-order valence-corrected chi connectivity index (χ1v) is 11.0. The lowest BCUT2D eigenvalue weighted by Crippen LogP contribution is -2.48. The molecule has 0 radical (unpaired) electrons. The van der Waals surface area contributed by atoms with E-state index in [4.69, 9.17) is 4.74 Å². The van der Waals surface area contributed by atoms with E-state index in [1.807, 2.05) is 24.0 Å². The Kier molecular flexibility index (Phi) is 4.62. The number of nitrogens with zero attached hydrogens (tertiary/aromatic N) is 4. The predicted molar refractivity (Wildman–Crippen MR) is 115 cm³/mol. The highest BCUT2D eigenvalue weighted by molar-refractivity contribution is 7.19. The van der Waals surface area contributed by atoms with Crippen LogP contribution in [0.3, 0.4) is 0 Å². The van der Waals surface area contributed by atoms with Crippen LogP contribution >= 0.6 is 11.3 Å². The van der Waals surface area contributed by atoms with Crippen molar-refractivity contribution in [3.63, 3.8) is 0 Å². The molecule has 5 rings (SSSR count). The molecule has 2 aliphatic rings. The fourth-order valence-corrected chi connectivity index (χ4v) is 5.55. The minimum absolute atomic E-state index is 0.153. The topological polar surface area (TPSA) is 58.6 Å². The highest BCUT2D eigenvalue weighted by Gasteiger charge is 2.23. The Bertz CT molecular complexity index is 1070. The molecular formula is C22H24N4O2S. The number of anilines is 1. The number of ether oxygens (including phenoxy) is 1. The second-order valence-electron chi connectivity index (χ2n) is 7.70. The van der Waals surface area contributed by atoms with E-state index in [9.17, 15) is 4.79 Å². The maximum absolute atomic E-state index is 11.5. The average molecular weight is 409 g/mol. The minimum Gasteiger partial charge on any atom is -0.438 e. The number of aromatic nitrogens is 2. The molecule has 2 aromatic heterocycles. The number of aryl methyl sites for hydroxylation is 3. The molecule has 150 valence electrons. The van der Waals surface area contributed by atoms with Gasteiger partial charge in [0.15, 0.2) is 0 Å². The van der Waals surface area contributed by atoms with E-state index in [0.29, 0.717) is 5.88 Å². The first-order chi connectivity index (χ1) is 14.1. The maximum atomic E-state index is 11.5. The molecule has 0 spiro atoms. The third-order valence-corrected chi connectivity index (χ3v) is 6.97. The lowest BCUT2D eigenvalue weighted by molar-refractivity contribution is -0.129. The largest absolute Gasteiger partial charge is 0.438 e. The van der Waals surface area contributed by atoms with Gasteiger partial charge >= 0.3 is 0 Å². The van der Waals surface area contributed by atoms with Crippen molar-refractivity contribution in [2.75, 3.05) is 31.1 Å². The average Bonchev–Trinajstić information content (AvgIpc) is 3.29. The van der Waals surface area contributed by atoms with Crippen molar-refractivity contribution in [1.29, 1.82) is 0 Å². The number of piperazine rings is 1. The molecule has 29 heavy (non-hydrogen) atoms. The van der Waals surface area contributed by atoms with Gasteiger partial charge in [-0.3, -0.25) is 4.79 Å². The highest BCUT2D eigenvalue weighted by atomic mass is 32.1. The molecule has 1 saturated heterocycles. The molecular weight excluding hydrogens is 384 g/mol. The zero-order valence-corrected chi connectivity index (χ0v) is 17.6. The first kappa shape index (κ1) is 18.4. The van der Waals surface area contributed by atoms with E-state index >= 15 is 0 Å². The molecule has 0 bridgehead atoms. The summed E-state index contributed by atoms with van der Waals surface area (Å²) in [7, 11) is 0. The van der Waals surface area contributed by atoms with Gasteiger partial charge in [0.25, 0.3) is 0 Å². The van der Waals surface area contributed by atoms with Crippen molar-refractivity contribution in [3.8, 4) is 11.6 Å². The number of hydrogen-bond acceptors (Lipinski definition) is 6. The Morgan fingerprint density at radius 3 is 2.55 bits per heavy atom. The SMILES string of the molecule is CC(=O)N1CCN(c2ccc(Oc3nc(C)nc4sc5c(c34)CCC5)cc2)CC1. The van der Waals surface area contributed by atoms with E-state index in [-0.39, 0.29) is 5.91 Å². The molecule has 1 aliphatic carbocycles. The molecule has 1 aliphatic heterocycles. The van der Waals surface area contributed by atoms with Crippen molar-refractivity contribution in [1.82, 2.24) is 14.9 Å². The van der Waals surface area contributed by atoms with Crippen LogP contribution in [0, 0.1) is 6.92 Å². The number of amides is 1. The normalized spacial score (nSPS) is 16.3. The van der Waals surface area contributed by atoms with Crippen LogP contribution in [0.4, 0.5) is 5.69 Å². The van der Waals surface area contributed by atoms with Gasteiger partial charge in [0.2, 0.25) is 11.8 Å². The Balaban J connectivity index is 1.36. The van der Waals surface area contributed by atoms with Gasteiger partial charge in [-0.2, -0.15) is 4.98 Å². The first-order valence-electron chi connectivity index (χ1n) is 10.2. The Morgan fingerprint density at radius 2 is 1.83 bits per heavy atom. The Hall–Kier alpha value is -2.67. The number of hydrogen-bond donors (Lipinski definition) is 0. The lowest BCUT2D eigenvalue weighted by atomic mass is 10.2. The third-order valence-electron chi connectivity index (χ3n) is 5.78. The summed E-state index contributed by atoms with van der Waals surface area (Å²) in [5, 5.41) is 1.09. The zero-order valence-electron chi connectivity index (χ0n) is 16.8. The smallest absolute Gasteiger partial charge is 0.231 e. The van der Waals surface area contributed by atoms with Gasteiger partial charge in [0.1, 0.15) is 16.4 Å². The maximum Gasteiger partial charge on any atom is 0.231 e. The van der Waals surface area contributed by atoms with Gasteiger partial charge in [0, 0.05) is 43.7 Å². The summed E-state index contributed by atoms with van der Waals surface area (Å²) in [4.78, 5) is 27.4. The van der Waals surface area contributed by atoms with E-state index in [1.54, 1.807) is 18.3 Å². The predicted octanol–water partition coefficient (Wildman–Crippen LogP) is 3.95. The summed E-state index contributed by atoms with van der Waals surface area (Å²) in [6.45, 7) is 6.81. The van der Waals surface area contributed by atoms with Crippen LogP contribution in [-0.4, -0.2) is 47.0 Å². The molecule has 3 heterocycles. The third kappa shape index (κ3) is 3.44. The van der Waals surface area contributed by atoms with Crippen molar-refractivity contribution in [2.24, 2.45) is 0 Å². The van der Waals surface area contributed by atoms with Crippen LogP contribution in [-0.2, 0) is 17.6 Å². The van der Waals surface area contributed by atoms with Gasteiger partial charge in [-0.1, -0.05) is 0 Å². The van der Waals surface area contributed by atoms with Crippen molar-refractivity contribution in [2.45, 2.75) is 33.1 Å². The van der Waals surface area contributed by atoms with Crippen LogP contribution in [0.1, 0.15) is 29.6 Å². The highest BCUT2D eigenvalue weighted by Crippen LogP contribution is 2.41. The molecule has 1 aromatic carbocycles. The van der Waals surface area contributed by atoms with E-state index < -0.39 is 0 Å². The molecule has 7 heteroatoms. The summed E-state index contributed by atoms with van der Waals surface area (Å²) in [5.41, 5.74) is 2.53. The van der Waals surface area contributed by atoms with Crippen LogP contribution in [0.2, 0.25) is 0 Å². The number of thiophene rings is 1. The van der Waals surface area contributed by atoms with Gasteiger partial charge in [0.05, 0.1) is 5.39 Å². The lowest BCUT2D eigenvalue weighted by Gasteiger charge is -2.35. The Morgan fingerprint density at radius 1 is 1.07 bits per heavy atom. The van der Waals surface area contributed by atoms with Crippen LogP contribution in [0.25, 0.3) is 10.2 Å². The number of benzene rings is 1. The van der Waals surface area contributed by atoms with Crippen molar-refractivity contribution in [3.05, 3.63) is 40.5 Å². The monoisotopic (exact) mass is 408 g/mol. The van der Waals surface area contributed by atoms with E-state index in [0.717, 1.165) is 66.5 Å². The van der Waals surface area contributed by atoms with Gasteiger partial charge in [-0.15, -0.1) is 11.3 Å². The van der Waals surface area contributed by atoms with Gasteiger partial charge in [-0.25, -0.2) is 4.98 Å². The standard InChI is InChI=1S/C22H24N4O2S/c1-14-23-21(20-18-4-3-5-19(18)29-22(20)24-14)28-17-8-6-16(7-9-17)26-12-10-25(11-13-26)15(2)27/h6-9H,3-5,10-13H2,1-2H3. The van der Waals surface area contributed by atoms with Gasteiger partial charge < -0.3 is 14.5 Å². The molecule has 1 amide bonds. The van der Waals surface area contributed by atoms with Crippen molar-refractivity contribution >= 4 is 33.1 Å². The fraction of sp³-hybridized carbons (Fsp3) is 0.409. The Labute approximate surface area is 174 Å². The molecule has 0 saturated carbocycles. The zero-order chi connectivity index (χ0) is 20.0.